The Bertz CT molecular complexity index is 796. The molecule has 0 heterocycles. The third-order valence-corrected chi connectivity index (χ3v) is 5.21. The Morgan fingerprint density at radius 2 is 1.65 bits per heavy atom. The first kappa shape index (κ1) is 20.2. The minimum atomic E-state index is -0.470. The molecule has 0 amide bonds. The van der Waals surface area contributed by atoms with E-state index in [4.69, 9.17) is 13.9 Å². The summed E-state index contributed by atoms with van der Waals surface area (Å²) in [7, 11) is 0.225. The molecule has 2 aromatic rings. The van der Waals surface area contributed by atoms with Crippen LogP contribution in [0.3, 0.4) is 0 Å². The van der Waals surface area contributed by atoms with Gasteiger partial charge in [-0.05, 0) is 69.2 Å². The van der Waals surface area contributed by atoms with Gasteiger partial charge in [-0.3, -0.25) is 0 Å². The standard InChI is InChI=1S/C21H26O4Si/c1-7-19(22)23-17-11-9-16-14-18(12-10-15(16)13-17)24-21(5,6)26-25-20(3,4)8-2/h7,9-14H,1,8H2,2-6H3. The van der Waals surface area contributed by atoms with Crippen molar-refractivity contribution in [3.63, 3.8) is 0 Å². The molecule has 0 spiro atoms. The van der Waals surface area contributed by atoms with Crippen molar-refractivity contribution in [3.8, 4) is 11.5 Å². The molecular weight excluding hydrogens is 344 g/mol. The number of fused-ring (bicyclic) bond motifs is 1. The van der Waals surface area contributed by atoms with Gasteiger partial charge >= 0.3 is 5.97 Å². The lowest BCUT2D eigenvalue weighted by atomic mass is 10.1. The molecule has 0 bridgehead atoms. The predicted octanol–water partition coefficient (Wildman–Crippen LogP) is 4.87. The first-order valence-corrected chi connectivity index (χ1v) is 9.57. The maximum Gasteiger partial charge on any atom is 0.335 e. The Morgan fingerprint density at radius 3 is 2.23 bits per heavy atom. The maximum absolute atomic E-state index is 11.3. The lowest BCUT2D eigenvalue weighted by Crippen LogP contribution is -2.41. The molecule has 138 valence electrons. The van der Waals surface area contributed by atoms with Crippen LogP contribution in [0.5, 0.6) is 11.5 Å². The first-order chi connectivity index (χ1) is 12.1. The Balaban J connectivity index is 2.11. The fourth-order valence-electron chi connectivity index (χ4n) is 2.14. The third-order valence-electron chi connectivity index (χ3n) is 3.97. The van der Waals surface area contributed by atoms with E-state index >= 15 is 0 Å². The highest BCUT2D eigenvalue weighted by molar-refractivity contribution is 6.31. The van der Waals surface area contributed by atoms with E-state index in [1.165, 1.54) is 0 Å². The van der Waals surface area contributed by atoms with E-state index in [9.17, 15) is 4.79 Å². The Morgan fingerprint density at radius 1 is 1.08 bits per heavy atom. The van der Waals surface area contributed by atoms with Crippen molar-refractivity contribution in [1.82, 2.24) is 0 Å². The zero-order valence-electron chi connectivity index (χ0n) is 16.1. The molecule has 2 aromatic carbocycles. The molecule has 0 aromatic heterocycles. The van der Waals surface area contributed by atoms with Crippen LogP contribution in [0, 0.1) is 0 Å². The number of esters is 1. The summed E-state index contributed by atoms with van der Waals surface area (Å²) < 4.78 is 17.3. The fraction of sp³-hybridized carbons (Fsp3) is 0.381. The largest absolute Gasteiger partial charge is 0.489 e. The molecule has 0 saturated carbocycles. The van der Waals surface area contributed by atoms with Crippen molar-refractivity contribution in [2.24, 2.45) is 0 Å². The summed E-state index contributed by atoms with van der Waals surface area (Å²) in [6.07, 6.45) is 2.09. The van der Waals surface area contributed by atoms with E-state index < -0.39 is 11.2 Å². The summed E-state index contributed by atoms with van der Waals surface area (Å²) in [6, 6.07) is 11.3. The van der Waals surface area contributed by atoms with Gasteiger partial charge in [0.05, 0.1) is 5.60 Å². The Hall–Kier alpha value is -2.11. The fourth-order valence-corrected chi connectivity index (χ4v) is 2.96. The van der Waals surface area contributed by atoms with Crippen LogP contribution < -0.4 is 9.47 Å². The Kier molecular flexibility index (Phi) is 6.26. The average Bonchev–Trinajstić information content (AvgIpc) is 2.60. The first-order valence-electron chi connectivity index (χ1n) is 8.66. The quantitative estimate of drug-likeness (QED) is 0.288. The highest BCUT2D eigenvalue weighted by Gasteiger charge is 2.27. The summed E-state index contributed by atoms with van der Waals surface area (Å²) in [6.45, 7) is 13.7. The molecule has 0 aliphatic carbocycles. The van der Waals surface area contributed by atoms with Gasteiger partial charge in [0.25, 0.3) is 9.76 Å². The number of carbonyl (C=O) groups excluding carboxylic acids is 1. The monoisotopic (exact) mass is 370 g/mol. The van der Waals surface area contributed by atoms with Crippen LogP contribution in [-0.2, 0) is 9.22 Å². The second-order valence-corrected chi connectivity index (χ2v) is 8.84. The molecular formula is C21H26O4Si. The van der Waals surface area contributed by atoms with E-state index in [1.54, 1.807) is 6.07 Å². The SMILES string of the molecule is C=CC(=O)Oc1ccc2cc(OC(C)(C)[Si]OC(C)(C)CC)ccc2c1. The van der Waals surface area contributed by atoms with Crippen LogP contribution in [0.25, 0.3) is 10.8 Å². The molecule has 0 atom stereocenters. The normalized spacial score (nSPS) is 12.0. The zero-order chi connectivity index (χ0) is 19.4. The van der Waals surface area contributed by atoms with E-state index in [0.29, 0.717) is 5.75 Å². The average molecular weight is 371 g/mol. The van der Waals surface area contributed by atoms with Crippen LogP contribution in [0.15, 0.2) is 49.1 Å². The minimum Gasteiger partial charge on any atom is -0.489 e. The van der Waals surface area contributed by atoms with E-state index in [1.807, 2.05) is 44.2 Å². The molecule has 0 aliphatic heterocycles. The van der Waals surface area contributed by atoms with Gasteiger partial charge in [0.2, 0.25) is 0 Å². The second kappa shape index (κ2) is 8.06. The zero-order valence-corrected chi connectivity index (χ0v) is 17.1. The van der Waals surface area contributed by atoms with E-state index in [0.717, 1.165) is 29.0 Å². The van der Waals surface area contributed by atoms with Gasteiger partial charge in [-0.25, -0.2) is 4.79 Å². The molecule has 0 fully saturated rings. The smallest absolute Gasteiger partial charge is 0.335 e. The minimum absolute atomic E-state index is 0.151. The van der Waals surface area contributed by atoms with Crippen molar-refractivity contribution in [2.75, 3.05) is 0 Å². The maximum atomic E-state index is 11.3. The van der Waals surface area contributed by atoms with Crippen LogP contribution >= 0.6 is 0 Å². The van der Waals surface area contributed by atoms with E-state index in [2.05, 4.69) is 27.4 Å². The summed E-state index contributed by atoms with van der Waals surface area (Å²) in [5.41, 5.74) is -0.151. The molecule has 0 aliphatic rings. The van der Waals surface area contributed by atoms with Gasteiger partial charge < -0.3 is 13.9 Å². The number of ether oxygens (including phenoxy) is 2. The molecule has 5 heteroatoms. The Labute approximate surface area is 158 Å². The van der Waals surface area contributed by atoms with Crippen molar-refractivity contribution in [3.05, 3.63) is 49.1 Å². The lowest BCUT2D eigenvalue weighted by Gasteiger charge is -2.30. The number of carbonyl (C=O) groups is 1. The van der Waals surface area contributed by atoms with Crippen LogP contribution in [0.1, 0.15) is 41.0 Å². The number of benzene rings is 2. The van der Waals surface area contributed by atoms with Crippen LogP contribution in [0.2, 0.25) is 0 Å². The summed E-state index contributed by atoms with van der Waals surface area (Å²) in [5.74, 6) is 0.805. The van der Waals surface area contributed by atoms with Crippen molar-refractivity contribution in [2.45, 2.75) is 51.9 Å². The molecule has 2 rings (SSSR count). The molecule has 0 unspecified atom stereocenters. The number of hydrogen-bond donors (Lipinski definition) is 0. The van der Waals surface area contributed by atoms with Gasteiger partial charge in [0, 0.05) is 6.08 Å². The van der Waals surface area contributed by atoms with Crippen LogP contribution in [0.4, 0.5) is 0 Å². The van der Waals surface area contributed by atoms with Gasteiger partial charge in [0.15, 0.2) is 0 Å². The predicted molar refractivity (Wildman–Crippen MR) is 106 cm³/mol. The molecule has 4 nitrogen and oxygen atoms in total. The second-order valence-electron chi connectivity index (χ2n) is 7.23. The van der Waals surface area contributed by atoms with Crippen LogP contribution in [-0.4, -0.2) is 26.6 Å². The third kappa shape index (κ3) is 5.71. The van der Waals surface area contributed by atoms with Gasteiger partial charge in [-0.1, -0.05) is 25.6 Å². The lowest BCUT2D eigenvalue weighted by molar-refractivity contribution is -0.128. The van der Waals surface area contributed by atoms with Gasteiger partial charge in [-0.2, -0.15) is 0 Å². The van der Waals surface area contributed by atoms with Crippen molar-refractivity contribution >= 4 is 26.5 Å². The van der Waals surface area contributed by atoms with Crippen molar-refractivity contribution in [1.29, 1.82) is 0 Å². The number of hydrogen-bond acceptors (Lipinski definition) is 4. The number of rotatable bonds is 8. The molecule has 26 heavy (non-hydrogen) atoms. The molecule has 2 radical (unpaired) electrons. The highest BCUT2D eigenvalue weighted by atomic mass is 28.2. The van der Waals surface area contributed by atoms with Crippen molar-refractivity contribution < 1.29 is 18.7 Å². The summed E-state index contributed by atoms with van der Waals surface area (Å²) in [5, 5.41) is 1.56. The van der Waals surface area contributed by atoms with Gasteiger partial charge in [-0.15, -0.1) is 0 Å². The van der Waals surface area contributed by atoms with Gasteiger partial charge in [0.1, 0.15) is 16.7 Å². The molecule has 0 N–H and O–H groups in total. The van der Waals surface area contributed by atoms with E-state index in [-0.39, 0.29) is 15.4 Å². The highest BCUT2D eigenvalue weighted by Crippen LogP contribution is 2.27. The topological polar surface area (TPSA) is 44.8 Å². The summed E-state index contributed by atoms with van der Waals surface area (Å²) >= 11 is 0. The molecule has 0 saturated heterocycles. The summed E-state index contributed by atoms with van der Waals surface area (Å²) in [4.78, 5) is 11.3.